The molecule has 0 aliphatic carbocycles. The van der Waals surface area contributed by atoms with E-state index in [1.165, 1.54) is 5.56 Å². The summed E-state index contributed by atoms with van der Waals surface area (Å²) < 4.78 is 15.8. The van der Waals surface area contributed by atoms with Crippen molar-refractivity contribution in [3.05, 3.63) is 35.9 Å². The predicted molar refractivity (Wildman–Crippen MR) is 124 cm³/mol. The fourth-order valence-corrected chi connectivity index (χ4v) is 3.43. The predicted octanol–water partition coefficient (Wildman–Crippen LogP) is 6.06. The molecular weight excluding hydrogens is 392 g/mol. The van der Waals surface area contributed by atoms with Crippen molar-refractivity contribution >= 4 is 11.9 Å². The van der Waals surface area contributed by atoms with Crippen LogP contribution in [-0.2, 0) is 23.8 Å². The first kappa shape index (κ1) is 27.2. The molecule has 0 saturated carbocycles. The molecule has 1 aromatic carbocycles. The Labute approximate surface area is 188 Å². The molecule has 5 nitrogen and oxygen atoms in total. The second-order valence-electron chi connectivity index (χ2n) is 8.60. The fraction of sp³-hybridized carbons (Fsp3) is 0.692. The minimum atomic E-state index is -0.105. The van der Waals surface area contributed by atoms with E-state index >= 15 is 0 Å². The second-order valence-corrected chi connectivity index (χ2v) is 8.60. The maximum Gasteiger partial charge on any atom is 0.305 e. The number of unbranched alkanes of at least 4 members (excludes halogenated alkanes) is 5. The zero-order valence-corrected chi connectivity index (χ0v) is 19.8. The molecule has 0 amide bonds. The molecule has 31 heavy (non-hydrogen) atoms. The first-order valence-corrected chi connectivity index (χ1v) is 11.9. The third-order valence-electron chi connectivity index (χ3n) is 5.26. The van der Waals surface area contributed by atoms with Crippen LogP contribution >= 0.6 is 0 Å². The minimum Gasteiger partial charge on any atom is -0.466 e. The van der Waals surface area contributed by atoms with Gasteiger partial charge in [-0.1, -0.05) is 69.9 Å². The van der Waals surface area contributed by atoms with Crippen molar-refractivity contribution in [2.75, 3.05) is 26.9 Å². The van der Waals surface area contributed by atoms with Gasteiger partial charge < -0.3 is 14.2 Å². The zero-order chi connectivity index (χ0) is 22.7. The van der Waals surface area contributed by atoms with Gasteiger partial charge in [0.25, 0.3) is 0 Å². The van der Waals surface area contributed by atoms with Gasteiger partial charge in [-0.3, -0.25) is 9.59 Å². The lowest BCUT2D eigenvalue weighted by Crippen LogP contribution is -2.11. The van der Waals surface area contributed by atoms with E-state index in [-0.39, 0.29) is 11.9 Å². The first-order chi connectivity index (χ1) is 15.0. The molecule has 0 bridgehead atoms. The van der Waals surface area contributed by atoms with Gasteiger partial charge in [0.1, 0.15) is 0 Å². The summed E-state index contributed by atoms with van der Waals surface area (Å²) in [6, 6.07) is 10.3. The second kappa shape index (κ2) is 17.8. The van der Waals surface area contributed by atoms with E-state index in [1.54, 1.807) is 7.11 Å². The maximum atomic E-state index is 12.0. The molecule has 0 aromatic heterocycles. The standard InChI is InChI=1S/C26H42O5/c1-22(2)21-31-26(28)16-12-7-5-4-6-11-15-25(27)30-20-18-24(17-19-29-3)23-13-9-8-10-14-23/h8-10,13-14,22,24H,4-7,11-12,15-21H2,1-3H3. The van der Waals surface area contributed by atoms with Gasteiger partial charge in [0, 0.05) is 26.6 Å². The fourth-order valence-electron chi connectivity index (χ4n) is 3.43. The molecule has 1 rings (SSSR count). The number of carbonyl (C=O) groups is 2. The quantitative estimate of drug-likeness (QED) is 0.208. The summed E-state index contributed by atoms with van der Waals surface area (Å²) in [5.74, 6) is 0.535. The van der Waals surface area contributed by atoms with Gasteiger partial charge in [-0.05, 0) is 43.1 Å². The average Bonchev–Trinajstić information content (AvgIpc) is 2.77. The summed E-state index contributed by atoms with van der Waals surface area (Å²) in [5, 5.41) is 0. The molecule has 0 saturated heterocycles. The van der Waals surface area contributed by atoms with Crippen LogP contribution in [-0.4, -0.2) is 38.9 Å². The monoisotopic (exact) mass is 434 g/mol. The van der Waals surface area contributed by atoms with Crippen molar-refractivity contribution in [1.82, 2.24) is 0 Å². The van der Waals surface area contributed by atoms with Crippen LogP contribution in [0.3, 0.4) is 0 Å². The van der Waals surface area contributed by atoms with Crippen LogP contribution in [0.5, 0.6) is 0 Å². The van der Waals surface area contributed by atoms with Gasteiger partial charge in [-0.2, -0.15) is 0 Å². The molecule has 0 spiro atoms. The lowest BCUT2D eigenvalue weighted by molar-refractivity contribution is -0.145. The molecule has 176 valence electrons. The molecule has 0 N–H and O–H groups in total. The highest BCUT2D eigenvalue weighted by atomic mass is 16.5. The minimum absolute atomic E-state index is 0.0897. The molecule has 1 aromatic rings. The molecule has 0 aliphatic rings. The van der Waals surface area contributed by atoms with Crippen LogP contribution in [0.2, 0.25) is 0 Å². The van der Waals surface area contributed by atoms with Crippen molar-refractivity contribution in [2.24, 2.45) is 5.92 Å². The third-order valence-corrected chi connectivity index (χ3v) is 5.26. The Morgan fingerprint density at radius 1 is 0.774 bits per heavy atom. The molecule has 5 heteroatoms. The molecule has 0 radical (unpaired) electrons. The number of carbonyl (C=O) groups excluding carboxylic acids is 2. The molecular formula is C26H42O5. The van der Waals surface area contributed by atoms with E-state index in [2.05, 4.69) is 12.1 Å². The summed E-state index contributed by atoms with van der Waals surface area (Å²) in [5.41, 5.74) is 1.27. The highest BCUT2D eigenvalue weighted by Crippen LogP contribution is 2.23. The van der Waals surface area contributed by atoms with Gasteiger partial charge in [0.2, 0.25) is 0 Å². The van der Waals surface area contributed by atoms with E-state index in [1.807, 2.05) is 32.0 Å². The van der Waals surface area contributed by atoms with Crippen LogP contribution in [0.15, 0.2) is 30.3 Å². The van der Waals surface area contributed by atoms with Gasteiger partial charge >= 0.3 is 11.9 Å². The lowest BCUT2D eigenvalue weighted by Gasteiger charge is -2.17. The van der Waals surface area contributed by atoms with Crippen LogP contribution in [0.4, 0.5) is 0 Å². The van der Waals surface area contributed by atoms with Gasteiger partial charge in [0.15, 0.2) is 0 Å². The van der Waals surface area contributed by atoms with Crippen LogP contribution < -0.4 is 0 Å². The number of hydrogen-bond acceptors (Lipinski definition) is 5. The van der Waals surface area contributed by atoms with Crippen molar-refractivity contribution in [3.63, 3.8) is 0 Å². The number of methoxy groups -OCH3 is 1. The van der Waals surface area contributed by atoms with E-state index < -0.39 is 0 Å². The van der Waals surface area contributed by atoms with Crippen molar-refractivity contribution < 1.29 is 23.8 Å². The Morgan fingerprint density at radius 2 is 1.32 bits per heavy atom. The molecule has 0 aliphatic heterocycles. The molecule has 1 unspecified atom stereocenters. The van der Waals surface area contributed by atoms with E-state index in [0.717, 1.165) is 51.4 Å². The lowest BCUT2D eigenvalue weighted by atomic mass is 9.93. The smallest absolute Gasteiger partial charge is 0.305 e. The Balaban J connectivity index is 2.04. The highest BCUT2D eigenvalue weighted by molar-refractivity contribution is 5.69. The van der Waals surface area contributed by atoms with Crippen molar-refractivity contribution in [2.45, 2.75) is 84.0 Å². The van der Waals surface area contributed by atoms with Crippen molar-refractivity contribution in [3.8, 4) is 0 Å². The average molecular weight is 435 g/mol. The number of esters is 2. The Kier molecular flexibility index (Phi) is 15.6. The summed E-state index contributed by atoms with van der Waals surface area (Å²) in [6.45, 7) is 5.73. The molecule has 0 fully saturated rings. The first-order valence-electron chi connectivity index (χ1n) is 11.9. The number of hydrogen-bond donors (Lipinski definition) is 0. The van der Waals surface area contributed by atoms with Crippen LogP contribution in [0.25, 0.3) is 0 Å². The van der Waals surface area contributed by atoms with Crippen molar-refractivity contribution in [1.29, 1.82) is 0 Å². The summed E-state index contributed by atoms with van der Waals surface area (Å²) in [4.78, 5) is 23.5. The Hall–Kier alpha value is -1.88. The summed E-state index contributed by atoms with van der Waals surface area (Å²) in [6.07, 6.45) is 8.70. The van der Waals surface area contributed by atoms with Gasteiger partial charge in [0.05, 0.1) is 13.2 Å². The molecule has 1 atom stereocenters. The van der Waals surface area contributed by atoms with E-state index in [9.17, 15) is 9.59 Å². The zero-order valence-electron chi connectivity index (χ0n) is 19.8. The Bertz CT molecular complexity index is 585. The topological polar surface area (TPSA) is 61.8 Å². The molecule has 0 heterocycles. The number of benzene rings is 1. The normalized spacial score (nSPS) is 12.0. The van der Waals surface area contributed by atoms with E-state index in [4.69, 9.17) is 14.2 Å². The number of rotatable bonds is 18. The largest absolute Gasteiger partial charge is 0.466 e. The maximum absolute atomic E-state index is 12.0. The van der Waals surface area contributed by atoms with Crippen LogP contribution in [0, 0.1) is 5.92 Å². The highest BCUT2D eigenvalue weighted by Gasteiger charge is 2.12. The third kappa shape index (κ3) is 14.7. The van der Waals surface area contributed by atoms with Crippen LogP contribution in [0.1, 0.15) is 89.5 Å². The summed E-state index contributed by atoms with van der Waals surface area (Å²) >= 11 is 0. The Morgan fingerprint density at radius 3 is 1.90 bits per heavy atom. The van der Waals surface area contributed by atoms with E-state index in [0.29, 0.717) is 44.5 Å². The van der Waals surface area contributed by atoms with Gasteiger partial charge in [-0.25, -0.2) is 0 Å². The van der Waals surface area contributed by atoms with Gasteiger partial charge in [-0.15, -0.1) is 0 Å². The number of ether oxygens (including phenoxy) is 3. The summed E-state index contributed by atoms with van der Waals surface area (Å²) in [7, 11) is 1.71. The SMILES string of the molecule is COCCC(CCOC(=O)CCCCCCCCC(=O)OCC(C)C)c1ccccc1.